The van der Waals surface area contributed by atoms with E-state index in [1.165, 1.54) is 55.8 Å². The largest absolute Gasteiger partial charge is 0.324 e. The van der Waals surface area contributed by atoms with Crippen molar-refractivity contribution in [3.63, 3.8) is 0 Å². The molecule has 0 spiro atoms. The number of thiophene rings is 2. The molecule has 0 aliphatic heterocycles. The number of hydrogen-bond acceptors (Lipinski definition) is 5. The highest BCUT2D eigenvalue weighted by atomic mass is 32.1. The zero-order valence-electron chi connectivity index (χ0n) is 27.1. The number of rotatable bonds is 5. The Labute approximate surface area is 287 Å². The number of benzene rings is 5. The van der Waals surface area contributed by atoms with Gasteiger partial charge in [-0.2, -0.15) is 0 Å². The van der Waals surface area contributed by atoms with Crippen LogP contribution in [-0.4, -0.2) is 4.92 Å². The van der Waals surface area contributed by atoms with Gasteiger partial charge in [-0.3, -0.25) is 10.1 Å². The van der Waals surface area contributed by atoms with E-state index in [1.807, 2.05) is 6.07 Å². The van der Waals surface area contributed by atoms with Gasteiger partial charge in [-0.25, -0.2) is 0 Å². The molecule has 0 radical (unpaired) electrons. The van der Waals surface area contributed by atoms with Gasteiger partial charge in [0.25, 0.3) is 0 Å². The van der Waals surface area contributed by atoms with Crippen molar-refractivity contribution < 1.29 is 4.92 Å². The van der Waals surface area contributed by atoms with Crippen LogP contribution in [0.5, 0.6) is 0 Å². The van der Waals surface area contributed by atoms with Crippen molar-refractivity contribution in [2.45, 2.75) is 38.5 Å². The van der Waals surface area contributed by atoms with Crippen LogP contribution in [0.1, 0.15) is 49.9 Å². The summed E-state index contributed by atoms with van der Waals surface area (Å²) >= 11 is 2.91. The standard InChI is InChI=1S/C42H32N2O2S2/c1-41(2)33-11-7-5-9-29(33)31-17-15-26(22-35(31)41)43(27-16-18-32-30-10-6-8-12-34(30)42(3,4)36(32)23-27)28-14-13-25-21-39(47-38(25)24-28)37-19-20-40(48-37)44(45)46/h5-24H,1-4H3. The number of nitrogens with zero attached hydrogens (tertiary/aromatic N) is 2. The Morgan fingerprint density at radius 2 is 1.06 bits per heavy atom. The number of anilines is 3. The van der Waals surface area contributed by atoms with E-state index in [-0.39, 0.29) is 20.8 Å². The number of hydrogen-bond donors (Lipinski definition) is 0. The zero-order chi connectivity index (χ0) is 32.9. The van der Waals surface area contributed by atoms with Crippen molar-refractivity contribution in [2.24, 2.45) is 0 Å². The molecule has 0 bridgehead atoms. The summed E-state index contributed by atoms with van der Waals surface area (Å²) in [6.07, 6.45) is 0. The van der Waals surface area contributed by atoms with Crippen molar-refractivity contribution in [2.75, 3.05) is 4.90 Å². The normalized spacial score (nSPS) is 14.8. The average molecular weight is 661 g/mol. The Kier molecular flexibility index (Phi) is 6.21. The molecule has 0 atom stereocenters. The minimum absolute atomic E-state index is 0.120. The fourth-order valence-electron chi connectivity index (χ4n) is 7.95. The molecule has 0 N–H and O–H groups in total. The molecule has 6 heteroatoms. The van der Waals surface area contributed by atoms with Gasteiger partial charge in [-0.1, -0.05) is 106 Å². The topological polar surface area (TPSA) is 46.4 Å². The SMILES string of the molecule is CC1(C)c2ccccc2-c2ccc(N(c3ccc4c(c3)C(C)(C)c3ccccc3-4)c3ccc4cc(-c5ccc([N+](=O)[O-])s5)sc4c3)cc21. The Morgan fingerprint density at radius 3 is 1.62 bits per heavy atom. The summed E-state index contributed by atoms with van der Waals surface area (Å²) in [6, 6.07) is 43.7. The van der Waals surface area contributed by atoms with E-state index >= 15 is 0 Å². The zero-order valence-corrected chi connectivity index (χ0v) is 28.7. The Hall–Kier alpha value is -5.04. The molecule has 48 heavy (non-hydrogen) atoms. The summed E-state index contributed by atoms with van der Waals surface area (Å²) in [5.41, 5.74) is 13.7. The molecule has 0 unspecified atom stereocenters. The lowest BCUT2D eigenvalue weighted by Gasteiger charge is -2.29. The van der Waals surface area contributed by atoms with Gasteiger partial charge < -0.3 is 4.90 Å². The molecular formula is C42H32N2O2S2. The predicted molar refractivity (Wildman–Crippen MR) is 202 cm³/mol. The molecule has 2 aromatic heterocycles. The lowest BCUT2D eigenvalue weighted by molar-refractivity contribution is -0.380. The lowest BCUT2D eigenvalue weighted by Crippen LogP contribution is -2.18. The first-order valence-electron chi connectivity index (χ1n) is 16.2. The molecule has 0 saturated heterocycles. The van der Waals surface area contributed by atoms with Gasteiger partial charge in [0.1, 0.15) is 0 Å². The van der Waals surface area contributed by atoms with Crippen molar-refractivity contribution in [1.82, 2.24) is 0 Å². The minimum atomic E-state index is -0.315. The molecule has 4 nitrogen and oxygen atoms in total. The minimum Gasteiger partial charge on any atom is -0.310 e. The molecule has 2 aliphatic carbocycles. The van der Waals surface area contributed by atoms with Crippen LogP contribution in [0, 0.1) is 10.1 Å². The first kappa shape index (κ1) is 29.1. The predicted octanol–water partition coefficient (Wildman–Crippen LogP) is 12.6. The molecular weight excluding hydrogens is 629 g/mol. The molecule has 0 amide bonds. The van der Waals surface area contributed by atoms with Gasteiger partial charge in [0.2, 0.25) is 0 Å². The van der Waals surface area contributed by atoms with Crippen molar-refractivity contribution in [3.8, 4) is 32.0 Å². The second kappa shape index (κ2) is 10.2. The fraction of sp³-hybridized carbons (Fsp3) is 0.143. The summed E-state index contributed by atoms with van der Waals surface area (Å²) in [7, 11) is 0. The van der Waals surface area contributed by atoms with Crippen LogP contribution in [0.15, 0.2) is 121 Å². The third kappa shape index (κ3) is 4.19. The molecule has 9 rings (SSSR count). The summed E-state index contributed by atoms with van der Waals surface area (Å²) in [5.74, 6) is 0. The van der Waals surface area contributed by atoms with E-state index in [4.69, 9.17) is 0 Å². The van der Waals surface area contributed by atoms with Gasteiger partial charge in [0, 0.05) is 43.5 Å². The summed E-state index contributed by atoms with van der Waals surface area (Å²) in [4.78, 5) is 15.4. The molecule has 0 fully saturated rings. The quantitative estimate of drug-likeness (QED) is 0.136. The molecule has 0 saturated carbocycles. The van der Waals surface area contributed by atoms with Crippen molar-refractivity contribution in [1.29, 1.82) is 0 Å². The van der Waals surface area contributed by atoms with Crippen LogP contribution < -0.4 is 4.90 Å². The van der Waals surface area contributed by atoms with Gasteiger partial charge in [-0.15, -0.1) is 11.3 Å². The molecule has 2 aliphatic rings. The maximum absolute atomic E-state index is 11.4. The van der Waals surface area contributed by atoms with E-state index in [0.29, 0.717) is 0 Å². The summed E-state index contributed by atoms with van der Waals surface area (Å²) < 4.78 is 1.14. The van der Waals surface area contributed by atoms with Gasteiger partial charge in [0.05, 0.1) is 9.80 Å². The van der Waals surface area contributed by atoms with Crippen LogP contribution >= 0.6 is 22.7 Å². The van der Waals surface area contributed by atoms with Crippen LogP contribution in [-0.2, 0) is 10.8 Å². The first-order chi connectivity index (χ1) is 23.1. The van der Waals surface area contributed by atoms with Gasteiger partial charge >= 0.3 is 5.00 Å². The van der Waals surface area contributed by atoms with Crippen LogP contribution in [0.25, 0.3) is 42.1 Å². The Balaban J connectivity index is 1.22. The average Bonchev–Trinajstić information content (AvgIpc) is 3.84. The fourth-order valence-corrected chi connectivity index (χ4v) is 9.95. The second-order valence-corrected chi connectivity index (χ2v) is 16.0. The van der Waals surface area contributed by atoms with E-state index in [2.05, 4.69) is 142 Å². The maximum atomic E-state index is 11.4. The van der Waals surface area contributed by atoms with Gasteiger partial charge in [-0.05, 0) is 98.4 Å². The van der Waals surface area contributed by atoms with E-state index in [1.54, 1.807) is 17.4 Å². The Morgan fingerprint density at radius 1 is 0.542 bits per heavy atom. The van der Waals surface area contributed by atoms with Crippen LogP contribution in [0.3, 0.4) is 0 Å². The number of nitro groups is 1. The molecule has 2 heterocycles. The summed E-state index contributed by atoms with van der Waals surface area (Å²) in [5, 5.41) is 12.7. The third-order valence-corrected chi connectivity index (χ3v) is 12.8. The first-order valence-corrected chi connectivity index (χ1v) is 17.8. The van der Waals surface area contributed by atoms with E-state index < -0.39 is 0 Å². The van der Waals surface area contributed by atoms with E-state index in [9.17, 15) is 10.1 Å². The molecule has 7 aromatic rings. The molecule has 234 valence electrons. The van der Waals surface area contributed by atoms with E-state index in [0.717, 1.165) is 36.9 Å². The van der Waals surface area contributed by atoms with Gasteiger partial charge in [0.15, 0.2) is 0 Å². The van der Waals surface area contributed by atoms with Crippen molar-refractivity contribution >= 4 is 54.8 Å². The van der Waals surface area contributed by atoms with Crippen LogP contribution in [0.2, 0.25) is 0 Å². The smallest absolute Gasteiger partial charge is 0.310 e. The summed E-state index contributed by atoms with van der Waals surface area (Å²) in [6.45, 7) is 9.31. The lowest BCUT2D eigenvalue weighted by atomic mass is 9.82. The second-order valence-electron chi connectivity index (χ2n) is 13.9. The maximum Gasteiger partial charge on any atom is 0.324 e. The number of fused-ring (bicyclic) bond motifs is 7. The Bertz CT molecular complexity index is 2360. The van der Waals surface area contributed by atoms with Crippen LogP contribution in [0.4, 0.5) is 22.1 Å². The van der Waals surface area contributed by atoms with Crippen molar-refractivity contribution in [3.05, 3.63) is 154 Å². The highest BCUT2D eigenvalue weighted by Crippen LogP contribution is 2.53. The monoisotopic (exact) mass is 660 g/mol. The highest BCUT2D eigenvalue weighted by Gasteiger charge is 2.37. The highest BCUT2D eigenvalue weighted by molar-refractivity contribution is 7.27. The third-order valence-electron chi connectivity index (χ3n) is 10.4. The molecule has 5 aromatic carbocycles.